The lowest BCUT2D eigenvalue weighted by molar-refractivity contribution is 0.142. The molecule has 0 spiro atoms. The van der Waals surface area contributed by atoms with Crippen molar-refractivity contribution >= 4 is 5.90 Å². The van der Waals surface area contributed by atoms with Gasteiger partial charge in [0.1, 0.15) is 0 Å². The first-order valence-electron chi connectivity index (χ1n) is 6.20. The molecule has 23 nitrogen and oxygen atoms in total. The van der Waals surface area contributed by atoms with E-state index in [0.29, 0.717) is 0 Å². The fourth-order valence-electron chi connectivity index (χ4n) is 2.06. The molecule has 0 amide bonds. The highest BCUT2D eigenvalue weighted by Gasteiger charge is 2.70. The summed E-state index contributed by atoms with van der Waals surface area (Å²) < 4.78 is 4.93. The number of rotatable bonds is 8. The van der Waals surface area contributed by atoms with E-state index in [0.717, 1.165) is 7.11 Å². The lowest BCUT2D eigenvalue weighted by Crippen LogP contribution is -2.67. The summed E-state index contributed by atoms with van der Waals surface area (Å²) in [5, 5.41) is 28.8. The van der Waals surface area contributed by atoms with Crippen LogP contribution in [-0.4, -0.2) is 30.1 Å². The SMILES string of the molecule is COC1=NNN=NC1(C(N=[N+]=[N-])(N=[N+]=[N-])N=[N+]=[N-])C(N=[N+]=[N-])(N=[N+]=[N-])N=[N+]=[N-]. The van der Waals surface area contributed by atoms with Gasteiger partial charge >= 0.3 is 0 Å². The van der Waals surface area contributed by atoms with Crippen molar-refractivity contribution in [3.05, 3.63) is 62.7 Å². The van der Waals surface area contributed by atoms with Gasteiger partial charge in [-0.3, -0.25) is 0 Å². The molecule has 1 aliphatic heterocycles. The van der Waals surface area contributed by atoms with E-state index in [4.69, 9.17) is 37.9 Å². The normalized spacial score (nSPS) is 20.7. The molecule has 0 unspecified atom stereocenters. The van der Waals surface area contributed by atoms with Crippen LogP contribution < -0.4 is 5.53 Å². The quantitative estimate of drug-likeness (QED) is 0.367. The predicted octanol–water partition coefficient (Wildman–Crippen LogP) is 3.82. The standard InChI is InChI=1S/C5H4N22O/c1-28-2-3(13-27-26-12-2,4(14-20-6,15-21-7)16-22-8)5(17-23-9,18-24-10)19-25-11/h1H3,(H,13,26). The maximum Gasteiger partial charge on any atom is 0.241 e. The second-order valence-corrected chi connectivity index (χ2v) is 4.04. The van der Waals surface area contributed by atoms with Crippen LogP contribution in [0, 0.1) is 0 Å². The number of nitrogens with zero attached hydrogens (tertiary/aromatic N) is 21. The van der Waals surface area contributed by atoms with Crippen LogP contribution in [0.3, 0.4) is 0 Å². The molecule has 1 N–H and O–H groups in total. The van der Waals surface area contributed by atoms with E-state index in [9.17, 15) is 0 Å². The van der Waals surface area contributed by atoms with Gasteiger partial charge in [-0.05, 0) is 33.2 Å². The van der Waals surface area contributed by atoms with Gasteiger partial charge in [-0.25, -0.2) is 0 Å². The van der Waals surface area contributed by atoms with Crippen molar-refractivity contribution < 1.29 is 4.74 Å². The zero-order chi connectivity index (χ0) is 21.1. The van der Waals surface area contributed by atoms with Gasteiger partial charge in [-0.2, -0.15) is 10.6 Å². The van der Waals surface area contributed by atoms with E-state index >= 15 is 0 Å². The molecule has 0 saturated heterocycles. The van der Waals surface area contributed by atoms with E-state index in [-0.39, 0.29) is 0 Å². The van der Waals surface area contributed by atoms with Gasteiger partial charge in [-0.1, -0.05) is 35.9 Å². The molecule has 140 valence electrons. The number of methoxy groups -OCH3 is 1. The first kappa shape index (κ1) is 20.8. The minimum Gasteiger partial charge on any atom is -0.481 e. The largest absolute Gasteiger partial charge is 0.481 e. The molecule has 1 rings (SSSR count). The molecule has 0 aromatic heterocycles. The van der Waals surface area contributed by atoms with Gasteiger partial charge in [0.05, 0.1) is 7.11 Å². The van der Waals surface area contributed by atoms with Crippen LogP contribution in [0.2, 0.25) is 0 Å². The molecule has 0 bridgehead atoms. The van der Waals surface area contributed by atoms with E-state index < -0.39 is 23.0 Å². The molecule has 0 radical (unpaired) electrons. The van der Waals surface area contributed by atoms with Crippen molar-refractivity contribution in [1.82, 2.24) is 5.53 Å². The van der Waals surface area contributed by atoms with Crippen LogP contribution in [0.4, 0.5) is 0 Å². The van der Waals surface area contributed by atoms with Crippen LogP contribution in [-0.2, 0) is 4.74 Å². The van der Waals surface area contributed by atoms with E-state index in [1.807, 2.05) is 5.53 Å². The highest BCUT2D eigenvalue weighted by atomic mass is 16.5. The van der Waals surface area contributed by atoms with E-state index in [1.165, 1.54) is 0 Å². The Morgan fingerprint density at radius 3 is 1.43 bits per heavy atom. The number of ether oxygens (including phenoxy) is 1. The summed E-state index contributed by atoms with van der Waals surface area (Å²) in [6, 6.07) is 0. The highest BCUT2D eigenvalue weighted by Crippen LogP contribution is 2.48. The first-order chi connectivity index (χ1) is 13.5. The fourth-order valence-corrected chi connectivity index (χ4v) is 2.06. The predicted molar refractivity (Wildman–Crippen MR) is 85.5 cm³/mol. The summed E-state index contributed by atoms with van der Waals surface area (Å²) >= 11 is 0. The zero-order valence-corrected chi connectivity index (χ0v) is 13.3. The second-order valence-electron chi connectivity index (χ2n) is 4.04. The molecule has 0 saturated carbocycles. The Morgan fingerprint density at radius 2 is 1.14 bits per heavy atom. The number of hydrogen-bond donors (Lipinski definition) is 1. The van der Waals surface area contributed by atoms with Gasteiger partial charge in [0.25, 0.3) is 0 Å². The maximum absolute atomic E-state index is 8.93. The van der Waals surface area contributed by atoms with Gasteiger partial charge in [0.2, 0.25) is 23.0 Å². The van der Waals surface area contributed by atoms with Crippen molar-refractivity contribution in [2.45, 2.75) is 17.1 Å². The van der Waals surface area contributed by atoms with Crippen molar-refractivity contribution in [3.63, 3.8) is 0 Å². The third-order valence-electron chi connectivity index (χ3n) is 2.97. The van der Waals surface area contributed by atoms with E-state index in [1.54, 1.807) is 0 Å². The van der Waals surface area contributed by atoms with Crippen LogP contribution in [0.1, 0.15) is 0 Å². The van der Waals surface area contributed by atoms with Crippen molar-refractivity contribution in [2.24, 2.45) is 46.1 Å². The zero-order valence-electron chi connectivity index (χ0n) is 13.3. The minimum atomic E-state index is -3.15. The Hall–Kier alpha value is -5.27. The molecule has 23 heteroatoms. The van der Waals surface area contributed by atoms with Gasteiger partial charge in [-0.15, -0.1) is 5.10 Å². The molecule has 0 fully saturated rings. The van der Waals surface area contributed by atoms with Crippen molar-refractivity contribution in [1.29, 1.82) is 0 Å². The van der Waals surface area contributed by atoms with Crippen molar-refractivity contribution in [3.8, 4) is 0 Å². The fraction of sp³-hybridized carbons (Fsp3) is 0.800. The lowest BCUT2D eigenvalue weighted by Gasteiger charge is -2.44. The average Bonchev–Trinajstić information content (AvgIpc) is 2.68. The van der Waals surface area contributed by atoms with Crippen LogP contribution in [0.5, 0.6) is 0 Å². The molecule has 0 aliphatic carbocycles. The van der Waals surface area contributed by atoms with Crippen molar-refractivity contribution in [2.75, 3.05) is 7.11 Å². The monoisotopic (exact) mass is 388 g/mol. The molecule has 0 aromatic carbocycles. The maximum atomic E-state index is 8.93. The summed E-state index contributed by atoms with van der Waals surface area (Å²) in [5.74, 6) is -7.13. The Morgan fingerprint density at radius 1 is 0.786 bits per heavy atom. The molecule has 0 aromatic rings. The number of azide groups is 2. The second kappa shape index (κ2) is 8.72. The summed E-state index contributed by atoms with van der Waals surface area (Å²) in [6.07, 6.45) is 0. The summed E-state index contributed by atoms with van der Waals surface area (Å²) in [4.78, 5) is 14.3. The Kier molecular flexibility index (Phi) is 6.47. The third kappa shape index (κ3) is 2.90. The van der Waals surface area contributed by atoms with Gasteiger partial charge < -0.3 is 4.74 Å². The van der Waals surface area contributed by atoms with Crippen LogP contribution in [0.25, 0.3) is 62.7 Å². The molecular weight excluding hydrogens is 384 g/mol. The lowest BCUT2D eigenvalue weighted by atomic mass is 9.84. The topological polar surface area (TPSA) is 351 Å². The Balaban J connectivity index is 4.48. The molecule has 28 heavy (non-hydrogen) atoms. The van der Waals surface area contributed by atoms with Crippen LogP contribution >= 0.6 is 0 Å². The third-order valence-corrected chi connectivity index (χ3v) is 2.97. The average molecular weight is 388 g/mol. The minimum absolute atomic E-state index is 0.832. The van der Waals surface area contributed by atoms with E-state index in [2.05, 4.69) is 75.6 Å². The highest BCUT2D eigenvalue weighted by molar-refractivity contribution is 5.90. The molecule has 0 atom stereocenters. The van der Waals surface area contributed by atoms with Gasteiger partial charge in [0.15, 0.2) is 0 Å². The Labute approximate surface area is 150 Å². The summed E-state index contributed by atoms with van der Waals surface area (Å²) in [5.41, 5.74) is 52.5. The Bertz CT molecular complexity index is 823. The molecular formula is C5H4N22O. The smallest absolute Gasteiger partial charge is 0.241 e. The van der Waals surface area contributed by atoms with Gasteiger partial charge in [0, 0.05) is 29.5 Å². The number of hydrazone groups is 1. The summed E-state index contributed by atoms with van der Waals surface area (Å²) in [7, 11) is 0.955. The number of nitrogens with one attached hydrogen (secondary N) is 1. The summed E-state index contributed by atoms with van der Waals surface area (Å²) in [6.45, 7) is 0. The van der Waals surface area contributed by atoms with Crippen LogP contribution in [0.15, 0.2) is 46.1 Å². The first-order valence-corrected chi connectivity index (χ1v) is 6.20. The molecule has 1 heterocycles. The molecule has 1 aliphatic rings. The number of hydrogen-bond acceptors (Lipinski definition) is 11.